The molecule has 0 heterocycles. The molecule has 0 aromatic heterocycles. The average Bonchev–Trinajstić information content (AvgIpc) is 3.44. The second-order valence-corrected chi connectivity index (χ2v) is 17.1. The van der Waals surface area contributed by atoms with Gasteiger partial charge in [0.15, 0.2) is 0 Å². The molecule has 0 aliphatic heterocycles. The molecule has 0 spiro atoms. The van der Waals surface area contributed by atoms with Gasteiger partial charge in [0.25, 0.3) is 0 Å². The minimum Gasteiger partial charge on any atom is -0.310 e. The van der Waals surface area contributed by atoms with Crippen molar-refractivity contribution in [2.45, 2.75) is 95.3 Å². The average molecular weight is 678 g/mol. The van der Waals surface area contributed by atoms with Crippen molar-refractivity contribution in [2.75, 3.05) is 4.90 Å². The molecule has 6 aromatic carbocycles. The molecule has 5 aliphatic carbocycles. The zero-order chi connectivity index (χ0) is 34.8. The van der Waals surface area contributed by atoms with Crippen molar-refractivity contribution in [3.8, 4) is 22.3 Å². The van der Waals surface area contributed by atoms with Crippen LogP contribution in [-0.2, 0) is 5.41 Å². The van der Waals surface area contributed by atoms with Crippen LogP contribution in [0.4, 0.5) is 17.1 Å². The Hall–Kier alpha value is -4.62. The van der Waals surface area contributed by atoms with Gasteiger partial charge in [0.1, 0.15) is 0 Å². The summed E-state index contributed by atoms with van der Waals surface area (Å²) in [7, 11) is 0. The topological polar surface area (TPSA) is 3.24 Å². The summed E-state index contributed by atoms with van der Waals surface area (Å²) in [6, 6.07) is 49.5. The lowest BCUT2D eigenvalue weighted by Gasteiger charge is -2.42. The van der Waals surface area contributed by atoms with Gasteiger partial charge < -0.3 is 4.90 Å². The van der Waals surface area contributed by atoms with Crippen LogP contribution in [0.3, 0.4) is 0 Å². The maximum absolute atomic E-state index is 2.57. The molecule has 0 N–H and O–H groups in total. The first-order valence-corrected chi connectivity index (χ1v) is 20.3. The molecular formula is C51H51N. The monoisotopic (exact) mass is 677 g/mol. The van der Waals surface area contributed by atoms with Crippen molar-refractivity contribution in [1.82, 2.24) is 0 Å². The minimum absolute atomic E-state index is 0.0940. The molecule has 1 heteroatoms. The summed E-state index contributed by atoms with van der Waals surface area (Å²) in [5.74, 6) is 3.20. The molecule has 0 amide bonds. The molecule has 2 bridgehead atoms. The van der Waals surface area contributed by atoms with Crippen molar-refractivity contribution < 1.29 is 0 Å². The predicted octanol–water partition coefficient (Wildman–Crippen LogP) is 14.6. The van der Waals surface area contributed by atoms with E-state index in [-0.39, 0.29) is 5.41 Å². The molecule has 11 rings (SSSR count). The Labute approximate surface area is 310 Å². The number of anilines is 3. The Morgan fingerprint density at radius 2 is 1.19 bits per heavy atom. The third kappa shape index (κ3) is 5.42. The van der Waals surface area contributed by atoms with Crippen LogP contribution >= 0.6 is 0 Å². The van der Waals surface area contributed by atoms with Gasteiger partial charge in [-0.2, -0.15) is 0 Å². The van der Waals surface area contributed by atoms with E-state index in [4.69, 9.17) is 0 Å². The molecule has 6 aromatic rings. The molecule has 0 radical (unpaired) electrons. The highest BCUT2D eigenvalue weighted by molar-refractivity contribution is 5.97. The van der Waals surface area contributed by atoms with Crippen LogP contribution in [-0.4, -0.2) is 0 Å². The number of hydrogen-bond acceptors (Lipinski definition) is 1. The maximum atomic E-state index is 2.57. The summed E-state index contributed by atoms with van der Waals surface area (Å²) in [5, 5.41) is 2.56. The molecule has 1 atom stereocenters. The number of hydrogen-bond donors (Lipinski definition) is 0. The van der Waals surface area contributed by atoms with E-state index in [0.717, 1.165) is 17.8 Å². The fraction of sp³-hybridized carbons (Fsp3) is 0.333. The molecule has 5 aliphatic rings. The van der Waals surface area contributed by atoms with Crippen LogP contribution in [0.25, 0.3) is 33.0 Å². The van der Waals surface area contributed by atoms with Gasteiger partial charge in [-0.05, 0) is 148 Å². The highest BCUT2D eigenvalue weighted by Gasteiger charge is 2.38. The largest absolute Gasteiger partial charge is 0.310 e. The minimum atomic E-state index is -0.0940. The molecule has 1 unspecified atom stereocenters. The summed E-state index contributed by atoms with van der Waals surface area (Å²) in [5.41, 5.74) is 14.8. The Morgan fingerprint density at radius 3 is 1.90 bits per heavy atom. The summed E-state index contributed by atoms with van der Waals surface area (Å²) < 4.78 is 0. The molecule has 260 valence electrons. The molecule has 52 heavy (non-hydrogen) atoms. The van der Waals surface area contributed by atoms with Crippen molar-refractivity contribution in [1.29, 1.82) is 0 Å². The molecular weight excluding hydrogens is 627 g/mol. The van der Waals surface area contributed by atoms with Crippen molar-refractivity contribution in [3.05, 3.63) is 150 Å². The van der Waals surface area contributed by atoms with Crippen LogP contribution < -0.4 is 4.90 Å². The van der Waals surface area contributed by atoms with Crippen molar-refractivity contribution in [3.63, 3.8) is 0 Å². The van der Waals surface area contributed by atoms with E-state index in [0.29, 0.717) is 5.92 Å². The van der Waals surface area contributed by atoms with E-state index in [1.807, 2.05) is 0 Å². The Bertz CT molecular complexity index is 2240. The second kappa shape index (κ2) is 12.8. The van der Waals surface area contributed by atoms with Gasteiger partial charge in [-0.25, -0.2) is 0 Å². The Balaban J connectivity index is 1.16. The molecule has 1 nitrogen and oxygen atoms in total. The third-order valence-corrected chi connectivity index (χ3v) is 13.9. The first-order valence-electron chi connectivity index (χ1n) is 20.3. The SMILES string of the molecule is CC1(C)c2ccccc2-c2cc(-c3ccc4ccccc4c3)c(N(c3ccc(C4CCCCC4)cc3)c3ccc(C4CC5CCC4CC5)cc3)cc21. The quantitative estimate of drug-likeness (QED) is 0.170. The fourth-order valence-electron chi connectivity index (χ4n) is 10.9. The van der Waals surface area contributed by atoms with E-state index in [1.54, 1.807) is 5.56 Å². The van der Waals surface area contributed by atoms with E-state index < -0.39 is 0 Å². The van der Waals surface area contributed by atoms with Gasteiger partial charge in [0.2, 0.25) is 0 Å². The van der Waals surface area contributed by atoms with E-state index in [1.165, 1.54) is 131 Å². The zero-order valence-electron chi connectivity index (χ0n) is 31.0. The van der Waals surface area contributed by atoms with Gasteiger partial charge in [-0.15, -0.1) is 0 Å². The van der Waals surface area contributed by atoms with Gasteiger partial charge in [0, 0.05) is 22.4 Å². The lowest BCUT2D eigenvalue weighted by molar-refractivity contribution is 0.145. The van der Waals surface area contributed by atoms with Crippen molar-refractivity contribution >= 4 is 27.8 Å². The Kier molecular flexibility index (Phi) is 7.89. The summed E-state index contributed by atoms with van der Waals surface area (Å²) in [6.07, 6.45) is 13.8. The first kappa shape index (κ1) is 32.1. The summed E-state index contributed by atoms with van der Waals surface area (Å²) in [4.78, 5) is 2.57. The van der Waals surface area contributed by atoms with Crippen molar-refractivity contribution in [2.24, 2.45) is 11.8 Å². The zero-order valence-corrected chi connectivity index (χ0v) is 31.0. The van der Waals surface area contributed by atoms with Crippen LogP contribution in [0.1, 0.15) is 112 Å². The lowest BCUT2D eigenvalue weighted by Crippen LogP contribution is -2.29. The number of nitrogens with zero attached hydrogens (tertiary/aromatic N) is 1. The van der Waals surface area contributed by atoms with E-state index in [2.05, 4.69) is 146 Å². The van der Waals surface area contributed by atoms with Gasteiger partial charge in [0.05, 0.1) is 5.69 Å². The fourth-order valence-corrected chi connectivity index (χ4v) is 10.9. The van der Waals surface area contributed by atoms with Gasteiger partial charge in [-0.3, -0.25) is 0 Å². The molecule has 4 saturated carbocycles. The Morgan fingerprint density at radius 1 is 0.519 bits per heavy atom. The molecule has 0 saturated heterocycles. The van der Waals surface area contributed by atoms with E-state index in [9.17, 15) is 0 Å². The summed E-state index contributed by atoms with van der Waals surface area (Å²) in [6.45, 7) is 4.82. The molecule has 4 fully saturated rings. The van der Waals surface area contributed by atoms with Crippen LogP contribution in [0, 0.1) is 11.8 Å². The standard InChI is InChI=1S/C51H51N/c1-51(2)48-15-9-8-14-44(48)47-32-46(41-21-20-36-12-6-7-13-40(36)31-41)50(33-49(47)51)52(42-26-22-37(23-27-42)35-10-4-3-5-11-35)43-28-24-39(25-29-43)45-30-34-16-18-38(45)19-17-34/h6-9,12-15,20-29,31-35,38,45H,3-5,10-11,16-19,30H2,1-2H3. The number of benzene rings is 6. The lowest BCUT2D eigenvalue weighted by atomic mass is 9.63. The summed E-state index contributed by atoms with van der Waals surface area (Å²) >= 11 is 0. The van der Waals surface area contributed by atoms with E-state index >= 15 is 0 Å². The number of fused-ring (bicyclic) bond motifs is 7. The van der Waals surface area contributed by atoms with Crippen LogP contribution in [0.15, 0.2) is 127 Å². The predicted molar refractivity (Wildman–Crippen MR) is 220 cm³/mol. The third-order valence-electron chi connectivity index (χ3n) is 13.9. The number of rotatable bonds is 6. The smallest absolute Gasteiger partial charge is 0.0543 e. The maximum Gasteiger partial charge on any atom is 0.0543 e. The first-order chi connectivity index (χ1) is 25.5. The highest BCUT2D eigenvalue weighted by Crippen LogP contribution is 2.54. The van der Waals surface area contributed by atoms with Gasteiger partial charge in [-0.1, -0.05) is 131 Å². The normalized spacial score (nSPS) is 21.9. The second-order valence-electron chi connectivity index (χ2n) is 17.1. The van der Waals surface area contributed by atoms with Crippen LogP contribution in [0.2, 0.25) is 0 Å². The van der Waals surface area contributed by atoms with Crippen LogP contribution in [0.5, 0.6) is 0 Å². The highest BCUT2D eigenvalue weighted by atomic mass is 15.1. The van der Waals surface area contributed by atoms with Gasteiger partial charge >= 0.3 is 0 Å².